The van der Waals surface area contributed by atoms with Crippen molar-refractivity contribution >= 4 is 0 Å². The lowest BCUT2D eigenvalue weighted by molar-refractivity contribution is 0.272. The highest BCUT2D eigenvalue weighted by atomic mass is 19.1. The normalized spacial score (nSPS) is 20.2. The zero-order chi connectivity index (χ0) is 12.8. The number of aromatic nitrogens is 1. The molecule has 0 amide bonds. The van der Waals surface area contributed by atoms with Gasteiger partial charge in [0.15, 0.2) is 0 Å². The van der Waals surface area contributed by atoms with Crippen LogP contribution in [-0.2, 0) is 0 Å². The average Bonchev–Trinajstić information content (AvgIpc) is 2.82. The van der Waals surface area contributed by atoms with Gasteiger partial charge in [0.2, 0.25) is 0 Å². The largest absolute Gasteiger partial charge is 0.300 e. The van der Waals surface area contributed by atoms with Gasteiger partial charge in [-0.05, 0) is 38.9 Å². The zero-order valence-electron chi connectivity index (χ0n) is 11.3. The SMILES string of the molecule is CC.CC(C)N1CCC(c2ccc(F)cn2)C1. The van der Waals surface area contributed by atoms with Gasteiger partial charge >= 0.3 is 0 Å². The molecule has 96 valence electrons. The van der Waals surface area contributed by atoms with Crippen LogP contribution in [0.5, 0.6) is 0 Å². The van der Waals surface area contributed by atoms with E-state index in [4.69, 9.17) is 0 Å². The highest BCUT2D eigenvalue weighted by Crippen LogP contribution is 2.26. The number of nitrogens with zero attached hydrogens (tertiary/aromatic N) is 2. The van der Waals surface area contributed by atoms with Crippen LogP contribution in [0.4, 0.5) is 4.39 Å². The lowest BCUT2D eigenvalue weighted by atomic mass is 10.0. The van der Waals surface area contributed by atoms with Crippen LogP contribution in [0.25, 0.3) is 0 Å². The molecule has 0 radical (unpaired) electrons. The molecule has 0 spiro atoms. The van der Waals surface area contributed by atoms with Gasteiger partial charge in [0, 0.05) is 24.2 Å². The molecule has 1 aliphatic rings. The second kappa shape index (κ2) is 6.70. The molecule has 0 aromatic carbocycles. The molecule has 1 fully saturated rings. The highest BCUT2D eigenvalue weighted by molar-refractivity contribution is 5.12. The Morgan fingerprint density at radius 1 is 1.35 bits per heavy atom. The van der Waals surface area contributed by atoms with Gasteiger partial charge < -0.3 is 4.90 Å². The summed E-state index contributed by atoms with van der Waals surface area (Å²) in [5, 5.41) is 0. The van der Waals surface area contributed by atoms with Crippen molar-refractivity contribution in [2.75, 3.05) is 13.1 Å². The van der Waals surface area contributed by atoms with Crippen LogP contribution in [0.3, 0.4) is 0 Å². The summed E-state index contributed by atoms with van der Waals surface area (Å²) < 4.78 is 12.7. The number of rotatable bonds is 2. The van der Waals surface area contributed by atoms with Crippen molar-refractivity contribution in [1.29, 1.82) is 0 Å². The lowest BCUT2D eigenvalue weighted by Gasteiger charge is -2.19. The fourth-order valence-corrected chi connectivity index (χ4v) is 2.13. The second-order valence-electron chi connectivity index (χ2n) is 4.48. The molecule has 0 bridgehead atoms. The molecular formula is C14H23FN2. The van der Waals surface area contributed by atoms with Crippen LogP contribution in [0.15, 0.2) is 18.3 Å². The van der Waals surface area contributed by atoms with Gasteiger partial charge in [0.1, 0.15) is 5.82 Å². The fourth-order valence-electron chi connectivity index (χ4n) is 2.13. The maximum atomic E-state index is 12.7. The Morgan fingerprint density at radius 2 is 2.06 bits per heavy atom. The first-order valence-electron chi connectivity index (χ1n) is 6.52. The Hall–Kier alpha value is -0.960. The van der Waals surface area contributed by atoms with E-state index in [2.05, 4.69) is 23.7 Å². The first-order chi connectivity index (χ1) is 8.16. The molecule has 2 heterocycles. The molecule has 1 atom stereocenters. The molecule has 2 rings (SSSR count). The maximum Gasteiger partial charge on any atom is 0.141 e. The molecule has 0 saturated carbocycles. The number of hydrogen-bond acceptors (Lipinski definition) is 2. The van der Waals surface area contributed by atoms with E-state index in [1.165, 1.54) is 12.3 Å². The molecule has 17 heavy (non-hydrogen) atoms. The van der Waals surface area contributed by atoms with Crippen molar-refractivity contribution in [2.45, 2.75) is 46.1 Å². The summed E-state index contributed by atoms with van der Waals surface area (Å²) in [5.74, 6) is 0.227. The molecule has 1 aliphatic heterocycles. The van der Waals surface area contributed by atoms with E-state index in [0.717, 1.165) is 25.2 Å². The summed E-state index contributed by atoms with van der Waals surface area (Å²) in [6.45, 7) is 10.6. The minimum atomic E-state index is -0.252. The van der Waals surface area contributed by atoms with E-state index in [0.29, 0.717) is 12.0 Å². The van der Waals surface area contributed by atoms with Crippen LogP contribution in [0.1, 0.15) is 45.7 Å². The van der Waals surface area contributed by atoms with Gasteiger partial charge in [-0.1, -0.05) is 13.8 Å². The number of halogens is 1. The summed E-state index contributed by atoms with van der Waals surface area (Å²) in [7, 11) is 0. The smallest absolute Gasteiger partial charge is 0.141 e. The summed E-state index contributed by atoms with van der Waals surface area (Å²) in [5.41, 5.74) is 1.03. The summed E-state index contributed by atoms with van der Waals surface area (Å²) in [6, 6.07) is 3.90. The Morgan fingerprint density at radius 3 is 2.53 bits per heavy atom. The number of hydrogen-bond donors (Lipinski definition) is 0. The highest BCUT2D eigenvalue weighted by Gasteiger charge is 2.25. The third kappa shape index (κ3) is 3.77. The van der Waals surface area contributed by atoms with Gasteiger partial charge in [-0.15, -0.1) is 0 Å². The van der Waals surface area contributed by atoms with Crippen LogP contribution < -0.4 is 0 Å². The first-order valence-corrected chi connectivity index (χ1v) is 6.52. The number of likely N-dealkylation sites (tertiary alicyclic amines) is 1. The van der Waals surface area contributed by atoms with Gasteiger partial charge in [-0.3, -0.25) is 4.98 Å². The average molecular weight is 238 g/mol. The quantitative estimate of drug-likeness (QED) is 0.784. The van der Waals surface area contributed by atoms with E-state index in [1.807, 2.05) is 19.9 Å². The molecule has 1 aromatic rings. The van der Waals surface area contributed by atoms with Crippen LogP contribution in [0.2, 0.25) is 0 Å². The van der Waals surface area contributed by atoms with Gasteiger partial charge in [0.05, 0.1) is 6.20 Å². The fraction of sp³-hybridized carbons (Fsp3) is 0.643. The Balaban J connectivity index is 0.000000686. The molecule has 0 N–H and O–H groups in total. The van der Waals surface area contributed by atoms with E-state index in [9.17, 15) is 4.39 Å². The molecule has 3 heteroatoms. The maximum absolute atomic E-state index is 12.7. The minimum Gasteiger partial charge on any atom is -0.300 e. The molecule has 0 aliphatic carbocycles. The third-order valence-corrected chi connectivity index (χ3v) is 3.12. The zero-order valence-corrected chi connectivity index (χ0v) is 11.3. The van der Waals surface area contributed by atoms with Gasteiger partial charge in [0.25, 0.3) is 0 Å². The predicted octanol–water partition coefficient (Wildman–Crippen LogP) is 3.44. The topological polar surface area (TPSA) is 16.1 Å². The van der Waals surface area contributed by atoms with Crippen LogP contribution in [0, 0.1) is 5.82 Å². The first kappa shape index (κ1) is 14.1. The number of pyridine rings is 1. The minimum absolute atomic E-state index is 0.252. The van der Waals surface area contributed by atoms with Crippen molar-refractivity contribution in [3.8, 4) is 0 Å². The molecule has 1 saturated heterocycles. The predicted molar refractivity (Wildman–Crippen MR) is 69.6 cm³/mol. The molecule has 1 aromatic heterocycles. The monoisotopic (exact) mass is 238 g/mol. The second-order valence-corrected chi connectivity index (χ2v) is 4.48. The van der Waals surface area contributed by atoms with Crippen LogP contribution >= 0.6 is 0 Å². The van der Waals surface area contributed by atoms with E-state index < -0.39 is 0 Å². The third-order valence-electron chi connectivity index (χ3n) is 3.12. The summed E-state index contributed by atoms with van der Waals surface area (Å²) >= 11 is 0. The van der Waals surface area contributed by atoms with Crippen molar-refractivity contribution < 1.29 is 4.39 Å². The van der Waals surface area contributed by atoms with Crippen molar-refractivity contribution in [1.82, 2.24) is 9.88 Å². The Bertz CT molecular complexity index is 321. The standard InChI is InChI=1S/C12H17FN2.C2H6/c1-9(2)15-6-5-10(8-15)12-4-3-11(13)7-14-12;1-2/h3-4,7,9-10H,5-6,8H2,1-2H3;1-2H3. The van der Waals surface area contributed by atoms with E-state index in [-0.39, 0.29) is 5.82 Å². The molecule has 2 nitrogen and oxygen atoms in total. The summed E-state index contributed by atoms with van der Waals surface area (Å²) in [6.07, 6.45) is 2.45. The molecular weight excluding hydrogens is 215 g/mol. The van der Waals surface area contributed by atoms with Gasteiger partial charge in [-0.2, -0.15) is 0 Å². The van der Waals surface area contributed by atoms with E-state index >= 15 is 0 Å². The summed E-state index contributed by atoms with van der Waals surface area (Å²) in [4.78, 5) is 6.59. The Kier molecular flexibility index (Phi) is 5.56. The Labute approximate surface area is 104 Å². The van der Waals surface area contributed by atoms with Crippen molar-refractivity contribution in [2.24, 2.45) is 0 Å². The van der Waals surface area contributed by atoms with Crippen molar-refractivity contribution in [3.63, 3.8) is 0 Å². The molecule has 1 unspecified atom stereocenters. The van der Waals surface area contributed by atoms with Crippen molar-refractivity contribution in [3.05, 3.63) is 29.8 Å². The van der Waals surface area contributed by atoms with Crippen LogP contribution in [-0.4, -0.2) is 29.0 Å². The van der Waals surface area contributed by atoms with Gasteiger partial charge in [-0.25, -0.2) is 4.39 Å². The lowest BCUT2D eigenvalue weighted by Crippen LogP contribution is -2.27. The van der Waals surface area contributed by atoms with E-state index in [1.54, 1.807) is 0 Å².